The Morgan fingerprint density at radius 1 is 1.17 bits per heavy atom. The fraction of sp³-hybridized carbons (Fsp3) is 0.0909. The van der Waals surface area contributed by atoms with Crippen LogP contribution in [0.2, 0.25) is 0 Å². The van der Waals surface area contributed by atoms with Crippen molar-refractivity contribution in [2.24, 2.45) is 0 Å². The average Bonchev–Trinajstić information content (AvgIpc) is 2.31. The number of benzene rings is 1. The van der Waals surface area contributed by atoms with Crippen molar-refractivity contribution in [3.8, 4) is 11.6 Å². The van der Waals surface area contributed by atoms with Gasteiger partial charge in [-0.05, 0) is 18.2 Å². The van der Waals surface area contributed by atoms with Crippen LogP contribution in [0.25, 0.3) is 0 Å². The number of aromatic nitrogens is 2. The van der Waals surface area contributed by atoms with Crippen LogP contribution in [-0.2, 0) is 6.18 Å². The van der Waals surface area contributed by atoms with E-state index in [9.17, 15) is 13.2 Å². The Hall–Kier alpha value is -2.31. The Bertz CT molecular complexity index is 543. The summed E-state index contributed by atoms with van der Waals surface area (Å²) in [6.07, 6.45) is -2.00. The second-order valence-corrected chi connectivity index (χ2v) is 3.40. The lowest BCUT2D eigenvalue weighted by atomic mass is 10.1. The van der Waals surface area contributed by atoms with Crippen LogP contribution >= 0.6 is 0 Å². The van der Waals surface area contributed by atoms with Gasteiger partial charge in [0, 0.05) is 18.0 Å². The minimum absolute atomic E-state index is 0.0114. The van der Waals surface area contributed by atoms with Crippen LogP contribution in [0.3, 0.4) is 0 Å². The minimum atomic E-state index is -4.54. The predicted octanol–water partition coefficient (Wildman–Crippen LogP) is 2.87. The molecule has 0 bridgehead atoms. The van der Waals surface area contributed by atoms with E-state index in [1.54, 1.807) is 0 Å². The topological polar surface area (TPSA) is 61.0 Å². The molecule has 18 heavy (non-hydrogen) atoms. The van der Waals surface area contributed by atoms with Crippen LogP contribution in [0.1, 0.15) is 5.56 Å². The molecule has 0 aliphatic heterocycles. The number of nitrogen functional groups attached to an aromatic ring is 1. The van der Waals surface area contributed by atoms with Gasteiger partial charge in [-0.1, -0.05) is 0 Å². The fourth-order valence-electron chi connectivity index (χ4n) is 1.31. The molecular weight excluding hydrogens is 247 g/mol. The first-order chi connectivity index (χ1) is 8.47. The van der Waals surface area contributed by atoms with Crippen LogP contribution in [-0.4, -0.2) is 9.97 Å². The van der Waals surface area contributed by atoms with Crippen molar-refractivity contribution in [2.75, 3.05) is 5.73 Å². The van der Waals surface area contributed by atoms with Gasteiger partial charge in [0.05, 0.1) is 0 Å². The molecule has 0 atom stereocenters. The molecule has 0 saturated carbocycles. The second kappa shape index (κ2) is 4.52. The van der Waals surface area contributed by atoms with E-state index in [1.807, 2.05) is 0 Å². The summed E-state index contributed by atoms with van der Waals surface area (Å²) in [4.78, 5) is 7.33. The molecule has 1 aromatic carbocycles. The molecule has 0 amide bonds. The molecule has 0 aliphatic carbocycles. The van der Waals surface area contributed by atoms with Gasteiger partial charge < -0.3 is 10.5 Å². The van der Waals surface area contributed by atoms with Crippen molar-refractivity contribution < 1.29 is 17.9 Å². The Labute approximate surface area is 100 Å². The summed E-state index contributed by atoms with van der Waals surface area (Å²) in [6.45, 7) is 0. The molecule has 4 nitrogen and oxygen atoms in total. The smallest absolute Gasteiger partial charge is 0.420 e. The lowest BCUT2D eigenvalue weighted by Gasteiger charge is -2.13. The Morgan fingerprint density at radius 2 is 1.94 bits per heavy atom. The number of rotatable bonds is 2. The summed E-state index contributed by atoms with van der Waals surface area (Å²) in [5.41, 5.74) is 4.40. The van der Waals surface area contributed by atoms with E-state index in [0.29, 0.717) is 0 Å². The number of nitrogens with two attached hydrogens (primary N) is 1. The number of anilines is 1. The van der Waals surface area contributed by atoms with Gasteiger partial charge in [0.1, 0.15) is 17.6 Å². The van der Waals surface area contributed by atoms with Crippen LogP contribution in [0.4, 0.5) is 18.9 Å². The summed E-state index contributed by atoms with van der Waals surface area (Å²) in [5, 5.41) is 0. The molecule has 2 N–H and O–H groups in total. The lowest BCUT2D eigenvalue weighted by Crippen LogP contribution is -2.08. The van der Waals surface area contributed by atoms with Gasteiger partial charge in [-0.25, -0.2) is 9.97 Å². The molecular formula is C11H8F3N3O. The number of hydrogen-bond donors (Lipinski definition) is 1. The maximum atomic E-state index is 12.8. The molecule has 0 fully saturated rings. The average molecular weight is 255 g/mol. The van der Waals surface area contributed by atoms with E-state index >= 15 is 0 Å². The normalized spacial score (nSPS) is 11.3. The molecule has 1 heterocycles. The van der Waals surface area contributed by atoms with Crippen molar-refractivity contribution >= 4 is 5.69 Å². The summed E-state index contributed by atoms with van der Waals surface area (Å²) in [6, 6.07) is 4.65. The van der Waals surface area contributed by atoms with Gasteiger partial charge >= 0.3 is 6.18 Å². The molecule has 0 unspecified atom stereocenters. The molecule has 2 aromatic rings. The summed E-state index contributed by atoms with van der Waals surface area (Å²) >= 11 is 0. The van der Waals surface area contributed by atoms with Crippen molar-refractivity contribution in [3.63, 3.8) is 0 Å². The monoisotopic (exact) mass is 255 g/mol. The van der Waals surface area contributed by atoms with Gasteiger partial charge in [0.2, 0.25) is 5.88 Å². The Morgan fingerprint density at radius 3 is 2.56 bits per heavy atom. The third-order valence-corrected chi connectivity index (χ3v) is 2.08. The highest BCUT2D eigenvalue weighted by atomic mass is 19.4. The Balaban J connectivity index is 2.39. The third kappa shape index (κ3) is 2.68. The van der Waals surface area contributed by atoms with Crippen LogP contribution in [0.15, 0.2) is 36.8 Å². The van der Waals surface area contributed by atoms with E-state index in [1.165, 1.54) is 24.7 Å². The lowest BCUT2D eigenvalue weighted by molar-refractivity contribution is -0.138. The predicted molar refractivity (Wildman–Crippen MR) is 58.0 cm³/mol. The van der Waals surface area contributed by atoms with Crippen molar-refractivity contribution in [1.82, 2.24) is 9.97 Å². The number of ether oxygens (including phenoxy) is 1. The van der Waals surface area contributed by atoms with Gasteiger partial charge in [0.25, 0.3) is 0 Å². The maximum absolute atomic E-state index is 12.8. The van der Waals surface area contributed by atoms with Gasteiger partial charge in [0.15, 0.2) is 0 Å². The third-order valence-electron chi connectivity index (χ3n) is 2.08. The zero-order valence-corrected chi connectivity index (χ0v) is 8.98. The van der Waals surface area contributed by atoms with Crippen molar-refractivity contribution in [1.29, 1.82) is 0 Å². The highest BCUT2D eigenvalue weighted by Gasteiger charge is 2.34. The van der Waals surface area contributed by atoms with Crippen molar-refractivity contribution in [3.05, 3.63) is 42.4 Å². The van der Waals surface area contributed by atoms with E-state index in [4.69, 9.17) is 10.5 Å². The highest BCUT2D eigenvalue weighted by molar-refractivity contribution is 5.49. The number of nitrogens with zero attached hydrogens (tertiary/aromatic N) is 2. The highest BCUT2D eigenvalue weighted by Crippen LogP contribution is 2.38. The molecule has 1 aromatic heterocycles. The van der Waals surface area contributed by atoms with Crippen LogP contribution in [0.5, 0.6) is 11.6 Å². The molecule has 0 aliphatic rings. The van der Waals surface area contributed by atoms with Gasteiger partial charge in [-0.15, -0.1) is 0 Å². The SMILES string of the molecule is Nc1ccc(Oc2ccncn2)c(C(F)(F)F)c1. The fourth-order valence-corrected chi connectivity index (χ4v) is 1.31. The summed E-state index contributed by atoms with van der Waals surface area (Å²) < 4.78 is 43.4. The van der Waals surface area contributed by atoms with E-state index in [0.717, 1.165) is 12.1 Å². The standard InChI is InChI=1S/C11H8F3N3O/c12-11(13,14)8-5-7(15)1-2-9(8)18-10-3-4-16-6-17-10/h1-6H,15H2. The van der Waals surface area contributed by atoms with Gasteiger partial charge in [-0.3, -0.25) is 0 Å². The first-order valence-electron chi connectivity index (χ1n) is 4.87. The van der Waals surface area contributed by atoms with Crippen LogP contribution in [0, 0.1) is 0 Å². The molecule has 2 rings (SSSR count). The summed E-state index contributed by atoms with van der Waals surface area (Å²) in [7, 11) is 0. The number of alkyl halides is 3. The summed E-state index contributed by atoms with van der Waals surface area (Å²) in [5.74, 6) is -0.323. The maximum Gasteiger partial charge on any atom is 0.420 e. The van der Waals surface area contributed by atoms with Crippen LogP contribution < -0.4 is 10.5 Å². The number of halogens is 3. The Kier molecular flexibility index (Phi) is 3.05. The van der Waals surface area contributed by atoms with E-state index in [2.05, 4.69) is 9.97 Å². The zero-order valence-electron chi connectivity index (χ0n) is 8.98. The minimum Gasteiger partial charge on any atom is -0.438 e. The quantitative estimate of drug-likeness (QED) is 0.838. The molecule has 0 spiro atoms. The second-order valence-electron chi connectivity index (χ2n) is 3.40. The number of hydrogen-bond acceptors (Lipinski definition) is 4. The molecule has 94 valence electrons. The molecule has 7 heteroatoms. The van der Waals surface area contributed by atoms with Crippen molar-refractivity contribution in [2.45, 2.75) is 6.18 Å². The molecule has 0 radical (unpaired) electrons. The van der Waals surface area contributed by atoms with E-state index in [-0.39, 0.29) is 17.3 Å². The zero-order chi connectivity index (χ0) is 13.2. The largest absolute Gasteiger partial charge is 0.438 e. The van der Waals surface area contributed by atoms with Gasteiger partial charge in [-0.2, -0.15) is 13.2 Å². The van der Waals surface area contributed by atoms with E-state index < -0.39 is 11.7 Å². The first-order valence-corrected chi connectivity index (χ1v) is 4.87. The first kappa shape index (κ1) is 12.2. The molecule has 0 saturated heterocycles.